The number of nitrogens with zero attached hydrogens (tertiary/aromatic N) is 4. The molecule has 0 amide bonds. The summed E-state index contributed by atoms with van der Waals surface area (Å²) in [4.78, 5) is 14.6. The highest BCUT2D eigenvalue weighted by Crippen LogP contribution is 2.43. The zero-order chi connectivity index (χ0) is 47.4. The predicted octanol–water partition coefficient (Wildman–Crippen LogP) is 11.3. The highest BCUT2D eigenvalue weighted by Gasteiger charge is 2.23. The van der Waals surface area contributed by atoms with Gasteiger partial charge in [-0.3, -0.25) is 0 Å². The van der Waals surface area contributed by atoms with E-state index in [-0.39, 0.29) is 56.1 Å². The van der Waals surface area contributed by atoms with Crippen molar-refractivity contribution in [2.45, 2.75) is 0 Å². The fraction of sp³-hybridized carbons (Fsp3) is 0. The summed E-state index contributed by atoms with van der Waals surface area (Å²) in [6, 6.07) is 9.57. The third kappa shape index (κ3) is 5.07. The molecule has 9 rings (SSSR count). The van der Waals surface area contributed by atoms with Crippen molar-refractivity contribution in [3.05, 3.63) is 182 Å². The van der Waals surface area contributed by atoms with Crippen LogP contribution in [0.2, 0.25) is 0 Å². The van der Waals surface area contributed by atoms with Gasteiger partial charge in [0.2, 0.25) is 0 Å². The molecule has 49 heavy (non-hydrogen) atoms. The predicted molar refractivity (Wildman–Crippen MR) is 201 cm³/mol. The van der Waals surface area contributed by atoms with Crippen molar-refractivity contribution in [1.82, 2.24) is 19.5 Å². The van der Waals surface area contributed by atoms with E-state index in [1.54, 1.807) is 60.7 Å². The number of hydrogen-bond acceptors (Lipinski definition) is 3. The van der Waals surface area contributed by atoms with Crippen LogP contribution in [-0.4, -0.2) is 19.5 Å². The molecule has 0 unspecified atom stereocenters. The summed E-state index contributed by atoms with van der Waals surface area (Å²) in [5.74, 6) is 0.244. The third-order valence-corrected chi connectivity index (χ3v) is 7.94. The zero-order valence-electron chi connectivity index (χ0n) is 42.3. The molecule has 0 radical (unpaired) electrons. The lowest BCUT2D eigenvalue weighted by molar-refractivity contribution is 1.06. The van der Waals surface area contributed by atoms with Crippen molar-refractivity contribution < 1.29 is 23.3 Å². The summed E-state index contributed by atoms with van der Waals surface area (Å²) in [6.45, 7) is 0. The van der Waals surface area contributed by atoms with Gasteiger partial charge in [0.15, 0.2) is 17.5 Å². The number of benzene rings is 7. The standard InChI is InChI=1S/C45H30N4/c1-4-17-31(18-5-1)34-23-10-11-24-35(34)38-27-16-28-39(42(38)49-40-29-14-12-25-36(40)37-26-13-15-30-41(37)49)45-47-43(32-19-6-2-7-20-32)46-44(48-45)33-21-8-3-9-22-33/h1-30H/i1D,4D,5D,10D,11D,12D,13D,14D,15D,17D,18D,23D,24D,25D,26D,29D,30D. The molecule has 4 nitrogen and oxygen atoms in total. The smallest absolute Gasteiger partial charge is 0.166 e. The van der Waals surface area contributed by atoms with Crippen LogP contribution in [-0.2, 0) is 0 Å². The molecular weight excluding hydrogens is 597 g/mol. The SMILES string of the molecule is [2H]c1c([2H])c([2H])c(-c2c([2H])c([2H])c([2H])c([2H])c2-c2cccc(-c3nc(-c4ccccc4)nc(-c4ccccc4)n3)c2-n2c3c([2H])c([2H])c([2H])c([2H])c3c3c([2H])c([2H])c([2H])c([2H])c32)c([2H])c1[2H]. The summed E-state index contributed by atoms with van der Waals surface area (Å²) in [7, 11) is 0. The molecule has 7 aromatic carbocycles. The van der Waals surface area contributed by atoms with E-state index >= 15 is 0 Å². The number of hydrogen-bond donors (Lipinski definition) is 0. The first kappa shape index (κ1) is 16.0. The maximum atomic E-state index is 9.51. The molecule has 9 aromatic rings. The Balaban J connectivity index is 1.58. The van der Waals surface area contributed by atoms with Crippen LogP contribution in [0.25, 0.3) is 83.9 Å². The van der Waals surface area contributed by atoms with Gasteiger partial charge in [0, 0.05) is 33.0 Å². The number of fused-ring (bicyclic) bond motifs is 3. The summed E-state index contributed by atoms with van der Waals surface area (Å²) < 4.78 is 153. The molecule has 0 fully saturated rings. The molecule has 0 bridgehead atoms. The lowest BCUT2D eigenvalue weighted by Crippen LogP contribution is -2.05. The van der Waals surface area contributed by atoms with Crippen LogP contribution in [0.1, 0.15) is 23.3 Å². The van der Waals surface area contributed by atoms with E-state index in [9.17, 15) is 5.48 Å². The molecule has 0 saturated carbocycles. The third-order valence-electron chi connectivity index (χ3n) is 7.94. The van der Waals surface area contributed by atoms with Gasteiger partial charge in [0.1, 0.15) is 0 Å². The van der Waals surface area contributed by atoms with Crippen LogP contribution < -0.4 is 0 Å². The second-order valence-electron chi connectivity index (χ2n) is 10.8. The van der Waals surface area contributed by atoms with Crippen molar-refractivity contribution in [3.8, 4) is 62.1 Å². The van der Waals surface area contributed by atoms with E-state index in [1.165, 1.54) is 22.8 Å². The second kappa shape index (κ2) is 12.2. The maximum absolute atomic E-state index is 9.51. The molecule has 230 valence electrons. The fourth-order valence-electron chi connectivity index (χ4n) is 5.82. The first-order valence-corrected chi connectivity index (χ1v) is 15.1. The van der Waals surface area contributed by atoms with Gasteiger partial charge < -0.3 is 4.57 Å². The Morgan fingerprint density at radius 1 is 0.367 bits per heavy atom. The highest BCUT2D eigenvalue weighted by atomic mass is 15.1. The van der Waals surface area contributed by atoms with Gasteiger partial charge in [-0.05, 0) is 34.8 Å². The largest absolute Gasteiger partial charge is 0.308 e. The summed E-state index contributed by atoms with van der Waals surface area (Å²) in [6.07, 6.45) is 0. The number of para-hydroxylation sites is 3. The van der Waals surface area contributed by atoms with Crippen LogP contribution in [0, 0.1) is 0 Å². The molecule has 4 heteroatoms. The molecule has 0 aliphatic heterocycles. The Labute approximate surface area is 308 Å². The van der Waals surface area contributed by atoms with Crippen LogP contribution in [0.5, 0.6) is 0 Å². The first-order valence-electron chi connectivity index (χ1n) is 23.6. The zero-order valence-corrected chi connectivity index (χ0v) is 25.3. The van der Waals surface area contributed by atoms with Crippen LogP contribution >= 0.6 is 0 Å². The van der Waals surface area contributed by atoms with Gasteiger partial charge in [-0.15, -0.1) is 0 Å². The first-order chi connectivity index (χ1) is 31.4. The van der Waals surface area contributed by atoms with E-state index in [0.29, 0.717) is 11.1 Å². The van der Waals surface area contributed by atoms with Crippen molar-refractivity contribution in [2.24, 2.45) is 0 Å². The average molecular weight is 644 g/mol. The summed E-state index contributed by atoms with van der Waals surface area (Å²) in [5.41, 5.74) is -1.51. The normalized spacial score (nSPS) is 16.1. The molecule has 0 saturated heterocycles. The molecule has 0 spiro atoms. The Morgan fingerprint density at radius 2 is 0.857 bits per heavy atom. The van der Waals surface area contributed by atoms with E-state index in [1.807, 2.05) is 0 Å². The van der Waals surface area contributed by atoms with Gasteiger partial charge in [0.05, 0.1) is 40.0 Å². The van der Waals surface area contributed by atoms with E-state index < -0.39 is 119 Å². The lowest BCUT2D eigenvalue weighted by Gasteiger charge is -2.20. The van der Waals surface area contributed by atoms with Crippen LogP contribution in [0.4, 0.5) is 0 Å². The van der Waals surface area contributed by atoms with Crippen molar-refractivity contribution in [2.75, 3.05) is 0 Å². The number of aromatic nitrogens is 4. The molecule has 0 aliphatic carbocycles. The van der Waals surface area contributed by atoms with E-state index in [0.717, 1.165) is 0 Å². The maximum Gasteiger partial charge on any atom is 0.166 e. The molecule has 2 aromatic heterocycles. The second-order valence-corrected chi connectivity index (χ2v) is 10.8. The molecule has 0 aliphatic rings. The minimum atomic E-state index is -0.805. The number of rotatable bonds is 6. The Kier molecular flexibility index (Phi) is 3.97. The highest BCUT2D eigenvalue weighted by molar-refractivity contribution is 6.10. The summed E-state index contributed by atoms with van der Waals surface area (Å²) in [5, 5.41) is -0.592. The monoisotopic (exact) mass is 643 g/mol. The van der Waals surface area contributed by atoms with Gasteiger partial charge in [-0.25, -0.2) is 15.0 Å². The Morgan fingerprint density at radius 3 is 1.47 bits per heavy atom. The van der Waals surface area contributed by atoms with Crippen molar-refractivity contribution in [1.29, 1.82) is 0 Å². The van der Waals surface area contributed by atoms with Crippen LogP contribution in [0.3, 0.4) is 0 Å². The van der Waals surface area contributed by atoms with Gasteiger partial charge in [0.25, 0.3) is 0 Å². The average Bonchev–Trinajstić information content (AvgIpc) is 3.70. The Hall–Kier alpha value is -6.65. The van der Waals surface area contributed by atoms with E-state index in [4.69, 9.17) is 32.8 Å². The van der Waals surface area contributed by atoms with Gasteiger partial charge in [-0.2, -0.15) is 0 Å². The summed E-state index contributed by atoms with van der Waals surface area (Å²) >= 11 is 0. The van der Waals surface area contributed by atoms with Crippen molar-refractivity contribution in [3.63, 3.8) is 0 Å². The van der Waals surface area contributed by atoms with Crippen molar-refractivity contribution >= 4 is 21.8 Å². The molecular formula is C45H30N4. The minimum Gasteiger partial charge on any atom is -0.308 e. The molecule has 0 N–H and O–H groups in total. The van der Waals surface area contributed by atoms with Crippen LogP contribution in [0.15, 0.2) is 182 Å². The van der Waals surface area contributed by atoms with E-state index in [2.05, 4.69) is 0 Å². The Bertz CT molecular complexity index is 3400. The quantitative estimate of drug-likeness (QED) is 0.181. The topological polar surface area (TPSA) is 43.6 Å². The minimum absolute atomic E-state index is 0.00214. The lowest BCUT2D eigenvalue weighted by atomic mass is 9.92. The fourth-order valence-corrected chi connectivity index (χ4v) is 5.82. The van der Waals surface area contributed by atoms with Gasteiger partial charge in [-0.1, -0.05) is 163 Å². The van der Waals surface area contributed by atoms with Gasteiger partial charge >= 0.3 is 0 Å². The molecule has 2 heterocycles. The molecule has 0 atom stereocenters.